The van der Waals surface area contributed by atoms with Gasteiger partial charge < -0.3 is 9.64 Å². The molecule has 0 aliphatic heterocycles. The molecule has 0 amide bonds. The van der Waals surface area contributed by atoms with E-state index >= 15 is 0 Å². The van der Waals surface area contributed by atoms with Crippen molar-refractivity contribution in [3.05, 3.63) is 65.6 Å². The Morgan fingerprint density at radius 2 is 1.96 bits per heavy atom. The normalized spacial score (nSPS) is 10.6. The zero-order valence-corrected chi connectivity index (χ0v) is 14.0. The first-order chi connectivity index (χ1) is 11.5. The Kier molecular flexibility index (Phi) is 4.42. The molecular weight excluding hydrogens is 302 g/mol. The highest BCUT2D eigenvalue weighted by Crippen LogP contribution is 2.19. The van der Waals surface area contributed by atoms with Gasteiger partial charge in [0.2, 0.25) is 0 Å². The average molecular weight is 321 g/mol. The maximum Gasteiger partial charge on any atom is 0.357 e. The van der Waals surface area contributed by atoms with Gasteiger partial charge in [-0.15, -0.1) is 0 Å². The second-order valence-electron chi connectivity index (χ2n) is 5.81. The van der Waals surface area contributed by atoms with Crippen LogP contribution in [0.15, 0.2) is 48.7 Å². The number of aryl methyl sites for hydroxylation is 1. The number of pyridine rings is 2. The van der Waals surface area contributed by atoms with E-state index in [0.29, 0.717) is 5.69 Å². The molecule has 0 atom stereocenters. The zero-order valence-electron chi connectivity index (χ0n) is 14.0. The second-order valence-corrected chi connectivity index (χ2v) is 5.81. The van der Waals surface area contributed by atoms with E-state index in [-0.39, 0.29) is 6.61 Å². The van der Waals surface area contributed by atoms with Crippen molar-refractivity contribution in [2.45, 2.75) is 13.5 Å². The molecule has 1 aromatic carbocycles. The molecule has 0 saturated heterocycles. The molecule has 0 aliphatic rings. The van der Waals surface area contributed by atoms with E-state index in [4.69, 9.17) is 4.74 Å². The van der Waals surface area contributed by atoms with Crippen LogP contribution in [-0.2, 0) is 11.3 Å². The number of rotatable bonds is 4. The van der Waals surface area contributed by atoms with Gasteiger partial charge in [-0.2, -0.15) is 0 Å². The summed E-state index contributed by atoms with van der Waals surface area (Å²) in [6.45, 7) is 2.12. The van der Waals surface area contributed by atoms with E-state index < -0.39 is 5.97 Å². The van der Waals surface area contributed by atoms with Crippen LogP contribution in [-0.4, -0.2) is 30.0 Å². The van der Waals surface area contributed by atoms with Gasteiger partial charge in [-0.05, 0) is 31.2 Å². The van der Waals surface area contributed by atoms with E-state index in [1.54, 1.807) is 12.3 Å². The molecule has 0 unspecified atom stereocenters. The van der Waals surface area contributed by atoms with Gasteiger partial charge in [0, 0.05) is 30.7 Å². The number of anilines is 1. The molecule has 0 fully saturated rings. The number of para-hydroxylation sites is 1. The topological polar surface area (TPSA) is 55.3 Å². The third-order valence-corrected chi connectivity index (χ3v) is 3.76. The summed E-state index contributed by atoms with van der Waals surface area (Å²) in [5.74, 6) is -0.432. The van der Waals surface area contributed by atoms with Crippen LogP contribution in [0.3, 0.4) is 0 Å². The molecule has 0 aliphatic carbocycles. The Morgan fingerprint density at radius 1 is 1.17 bits per heavy atom. The van der Waals surface area contributed by atoms with Crippen LogP contribution in [0.1, 0.15) is 21.7 Å². The second kappa shape index (κ2) is 6.66. The van der Waals surface area contributed by atoms with E-state index in [1.165, 1.54) is 0 Å². The van der Waals surface area contributed by atoms with Gasteiger partial charge in [-0.1, -0.05) is 18.2 Å². The highest BCUT2D eigenvalue weighted by Gasteiger charge is 2.11. The number of hydrogen-bond donors (Lipinski definition) is 0. The maximum absolute atomic E-state index is 12.2. The summed E-state index contributed by atoms with van der Waals surface area (Å²) < 4.78 is 5.43. The van der Waals surface area contributed by atoms with Crippen molar-refractivity contribution in [3.63, 3.8) is 0 Å². The van der Waals surface area contributed by atoms with Crippen molar-refractivity contribution in [1.29, 1.82) is 0 Å². The van der Waals surface area contributed by atoms with Crippen LogP contribution >= 0.6 is 0 Å². The molecule has 24 heavy (non-hydrogen) atoms. The molecule has 122 valence electrons. The average Bonchev–Trinajstić information content (AvgIpc) is 2.59. The van der Waals surface area contributed by atoms with Crippen LogP contribution < -0.4 is 4.90 Å². The van der Waals surface area contributed by atoms with Gasteiger partial charge in [0.05, 0.1) is 17.4 Å². The van der Waals surface area contributed by atoms with Gasteiger partial charge >= 0.3 is 5.97 Å². The highest BCUT2D eigenvalue weighted by molar-refractivity contribution is 5.88. The van der Waals surface area contributed by atoms with Crippen molar-refractivity contribution in [2.75, 3.05) is 19.0 Å². The molecular formula is C19H19N3O2. The smallest absolute Gasteiger partial charge is 0.357 e. The van der Waals surface area contributed by atoms with Gasteiger partial charge in [0.15, 0.2) is 0 Å². The van der Waals surface area contributed by atoms with Gasteiger partial charge in [-0.25, -0.2) is 9.78 Å². The van der Waals surface area contributed by atoms with Gasteiger partial charge in [-0.3, -0.25) is 4.98 Å². The lowest BCUT2D eigenvalue weighted by molar-refractivity contribution is 0.0467. The van der Waals surface area contributed by atoms with E-state index in [2.05, 4.69) is 9.97 Å². The first-order valence-corrected chi connectivity index (χ1v) is 7.70. The van der Waals surface area contributed by atoms with Gasteiger partial charge in [0.1, 0.15) is 12.3 Å². The lowest BCUT2D eigenvalue weighted by Gasteiger charge is -2.12. The zero-order chi connectivity index (χ0) is 17.1. The molecule has 5 heteroatoms. The molecule has 3 aromatic rings. The Bertz CT molecular complexity index is 873. The Balaban J connectivity index is 1.77. The standard InChI is InChI=1S/C19H19N3O2/c1-13-10-14(16-6-4-5-7-17(16)21-13)12-24-19(23)18-9-8-15(11-20-18)22(2)3/h4-11H,12H2,1-3H3. The van der Waals surface area contributed by atoms with E-state index in [9.17, 15) is 4.79 Å². The first-order valence-electron chi connectivity index (χ1n) is 7.70. The molecule has 0 radical (unpaired) electrons. The van der Waals surface area contributed by atoms with Crippen LogP contribution in [0.25, 0.3) is 10.9 Å². The number of hydrogen-bond acceptors (Lipinski definition) is 5. The minimum atomic E-state index is -0.432. The fourth-order valence-electron chi connectivity index (χ4n) is 2.50. The largest absolute Gasteiger partial charge is 0.456 e. The molecule has 0 bridgehead atoms. The SMILES string of the molecule is Cc1cc(COC(=O)c2ccc(N(C)C)cn2)c2ccccc2n1. The van der Waals surface area contributed by atoms with Crippen LogP contribution in [0.5, 0.6) is 0 Å². The number of carbonyl (C=O) groups excluding carboxylic acids is 1. The van der Waals surface area contributed by atoms with E-state index in [0.717, 1.165) is 27.8 Å². The van der Waals surface area contributed by atoms with Crippen molar-refractivity contribution in [1.82, 2.24) is 9.97 Å². The molecule has 0 N–H and O–H groups in total. The molecule has 2 heterocycles. The quantitative estimate of drug-likeness (QED) is 0.690. The number of aromatic nitrogens is 2. The highest BCUT2D eigenvalue weighted by atomic mass is 16.5. The predicted octanol–water partition coefficient (Wildman–Crippen LogP) is 3.36. The summed E-state index contributed by atoms with van der Waals surface area (Å²) in [6, 6.07) is 13.3. The number of nitrogens with zero attached hydrogens (tertiary/aromatic N) is 3. The van der Waals surface area contributed by atoms with Crippen LogP contribution in [0, 0.1) is 6.92 Å². The Hall–Kier alpha value is -2.95. The number of carbonyl (C=O) groups is 1. The summed E-state index contributed by atoms with van der Waals surface area (Å²) in [5, 5.41) is 0.992. The Morgan fingerprint density at radius 3 is 2.67 bits per heavy atom. The number of ether oxygens (including phenoxy) is 1. The third kappa shape index (κ3) is 3.35. The summed E-state index contributed by atoms with van der Waals surface area (Å²) in [4.78, 5) is 22.8. The Labute approximate surface area is 140 Å². The lowest BCUT2D eigenvalue weighted by atomic mass is 10.1. The number of esters is 1. The third-order valence-electron chi connectivity index (χ3n) is 3.76. The first kappa shape index (κ1) is 15.9. The maximum atomic E-state index is 12.2. The monoisotopic (exact) mass is 321 g/mol. The summed E-state index contributed by atoms with van der Waals surface area (Å²) >= 11 is 0. The fraction of sp³-hybridized carbons (Fsp3) is 0.211. The number of fused-ring (bicyclic) bond motifs is 1. The predicted molar refractivity (Wildman–Crippen MR) is 94.2 cm³/mol. The fourth-order valence-corrected chi connectivity index (χ4v) is 2.50. The van der Waals surface area contributed by atoms with Gasteiger partial charge in [0.25, 0.3) is 0 Å². The molecule has 5 nitrogen and oxygen atoms in total. The van der Waals surface area contributed by atoms with Crippen molar-refractivity contribution < 1.29 is 9.53 Å². The molecule has 0 spiro atoms. The van der Waals surface area contributed by atoms with Crippen molar-refractivity contribution in [2.24, 2.45) is 0 Å². The summed E-state index contributed by atoms with van der Waals surface area (Å²) in [5.41, 5.74) is 3.97. The minimum Gasteiger partial charge on any atom is -0.456 e. The lowest BCUT2D eigenvalue weighted by Crippen LogP contribution is -2.11. The molecule has 3 rings (SSSR count). The van der Waals surface area contributed by atoms with E-state index in [1.807, 2.05) is 62.3 Å². The summed E-state index contributed by atoms with van der Waals surface area (Å²) in [6.07, 6.45) is 1.66. The minimum absolute atomic E-state index is 0.194. The van der Waals surface area contributed by atoms with Crippen molar-refractivity contribution in [3.8, 4) is 0 Å². The van der Waals surface area contributed by atoms with Crippen LogP contribution in [0.4, 0.5) is 5.69 Å². The van der Waals surface area contributed by atoms with Crippen LogP contribution in [0.2, 0.25) is 0 Å². The molecule has 0 saturated carbocycles. The molecule has 2 aromatic heterocycles. The summed E-state index contributed by atoms with van der Waals surface area (Å²) in [7, 11) is 3.85. The van der Waals surface area contributed by atoms with Crippen molar-refractivity contribution >= 4 is 22.6 Å². The number of benzene rings is 1.